The molecule has 1 aliphatic rings. The predicted octanol–water partition coefficient (Wildman–Crippen LogP) is 7.17. The largest absolute Gasteiger partial charge is 0.481 e. The van der Waals surface area contributed by atoms with Gasteiger partial charge in [-0.25, -0.2) is 9.37 Å². The molecule has 4 nitrogen and oxygen atoms in total. The summed E-state index contributed by atoms with van der Waals surface area (Å²) in [6.45, 7) is 2.51. The second-order valence-corrected chi connectivity index (χ2v) is 11.0. The zero-order valence-corrected chi connectivity index (χ0v) is 24.2. The molecule has 3 atom stereocenters. The van der Waals surface area contributed by atoms with Gasteiger partial charge in [-0.2, -0.15) is 13.5 Å². The Bertz CT molecular complexity index is 1450. The Kier molecular flexibility index (Phi) is 8.95. The molecule has 8 heteroatoms. The van der Waals surface area contributed by atoms with Crippen LogP contribution < -0.4 is 10.1 Å². The van der Waals surface area contributed by atoms with Crippen LogP contribution in [0.25, 0.3) is 10.9 Å². The average Bonchev–Trinajstić information content (AvgIpc) is 2.88. The third kappa shape index (κ3) is 5.68. The third-order valence-electron chi connectivity index (χ3n) is 7.35. The normalized spacial score (nSPS) is 20.1. The fourth-order valence-corrected chi connectivity index (χ4v) is 6.27. The first-order chi connectivity index (χ1) is 17.8. The molecule has 2 N–H and O–H groups in total. The summed E-state index contributed by atoms with van der Waals surface area (Å²) in [5.41, 5.74) is 3.25. The standard InChI is InChI=1S/C30H30ClFN2O2S.H2S/c1-18-13-22(32)7-9-24(18)27-17-30(35,11-12-33-27)28(19-5-4-6-21(31)14-19)25-16-20-15-23(37-3)8-10-26(20)34-29(25)36-2;/h4-10,13-16,27-28,33,35H,11-12,17H2,1-3H3;1H2. The molecule has 3 aromatic carbocycles. The molecular weight excluding hydrogens is 539 g/mol. The van der Waals surface area contributed by atoms with Gasteiger partial charge in [0.05, 0.1) is 18.2 Å². The van der Waals surface area contributed by atoms with Gasteiger partial charge in [-0.3, -0.25) is 0 Å². The summed E-state index contributed by atoms with van der Waals surface area (Å²) in [5.74, 6) is -0.224. The first-order valence-corrected chi connectivity index (χ1v) is 13.9. The molecule has 0 spiro atoms. The molecule has 4 aromatic rings. The summed E-state index contributed by atoms with van der Waals surface area (Å²) in [6.07, 6.45) is 3.00. The Balaban J connectivity index is 0.00000336. The van der Waals surface area contributed by atoms with Gasteiger partial charge in [-0.15, -0.1) is 11.8 Å². The molecule has 1 saturated heterocycles. The number of ether oxygens (including phenoxy) is 1. The van der Waals surface area contributed by atoms with Gasteiger partial charge < -0.3 is 15.2 Å². The summed E-state index contributed by atoms with van der Waals surface area (Å²) in [7, 11) is 1.61. The van der Waals surface area contributed by atoms with E-state index in [0.717, 1.165) is 38.1 Å². The number of pyridine rings is 1. The number of rotatable bonds is 6. The molecule has 0 bridgehead atoms. The van der Waals surface area contributed by atoms with E-state index in [9.17, 15) is 9.50 Å². The SMILES string of the molecule is COc1nc2ccc(SC)cc2cc1C(c1cccc(Cl)c1)C1(O)CCNC(c2ccc(F)cc2C)C1.S. The lowest BCUT2D eigenvalue weighted by Gasteiger charge is -2.44. The van der Waals surface area contributed by atoms with Crippen LogP contribution in [0.3, 0.4) is 0 Å². The van der Waals surface area contributed by atoms with E-state index in [1.165, 1.54) is 6.07 Å². The van der Waals surface area contributed by atoms with Crippen molar-refractivity contribution >= 4 is 47.8 Å². The average molecular weight is 571 g/mol. The van der Waals surface area contributed by atoms with E-state index in [1.807, 2.05) is 55.6 Å². The Morgan fingerprint density at radius 1 is 1.16 bits per heavy atom. The molecular formula is C30H32ClFN2O2S2. The van der Waals surface area contributed by atoms with Crippen molar-refractivity contribution in [2.75, 3.05) is 19.9 Å². The van der Waals surface area contributed by atoms with Gasteiger partial charge in [-0.1, -0.05) is 29.8 Å². The maximum Gasteiger partial charge on any atom is 0.217 e. The highest BCUT2D eigenvalue weighted by Crippen LogP contribution is 2.47. The molecule has 200 valence electrons. The summed E-state index contributed by atoms with van der Waals surface area (Å²) in [4.78, 5) is 5.97. The van der Waals surface area contributed by atoms with Crippen LogP contribution in [-0.4, -0.2) is 35.6 Å². The van der Waals surface area contributed by atoms with E-state index in [-0.39, 0.29) is 25.4 Å². The molecule has 1 aromatic heterocycles. The van der Waals surface area contributed by atoms with Crippen molar-refractivity contribution in [3.63, 3.8) is 0 Å². The number of methoxy groups -OCH3 is 1. The predicted molar refractivity (Wildman–Crippen MR) is 160 cm³/mol. The van der Waals surface area contributed by atoms with E-state index in [0.29, 0.717) is 30.3 Å². The van der Waals surface area contributed by atoms with Crippen LogP contribution in [0.1, 0.15) is 47.1 Å². The highest BCUT2D eigenvalue weighted by atomic mass is 35.5. The van der Waals surface area contributed by atoms with Crippen LogP contribution in [0, 0.1) is 12.7 Å². The second-order valence-electron chi connectivity index (χ2n) is 9.70. The minimum atomic E-state index is -1.14. The molecule has 2 heterocycles. The lowest BCUT2D eigenvalue weighted by Crippen LogP contribution is -2.48. The molecule has 0 radical (unpaired) electrons. The molecule has 1 fully saturated rings. The number of hydrogen-bond acceptors (Lipinski definition) is 5. The van der Waals surface area contributed by atoms with Crippen LogP contribution in [0.15, 0.2) is 71.6 Å². The third-order valence-corrected chi connectivity index (χ3v) is 8.31. The molecule has 0 aliphatic carbocycles. The number of nitrogens with zero attached hydrogens (tertiary/aromatic N) is 1. The van der Waals surface area contributed by atoms with Crippen LogP contribution in [0.2, 0.25) is 5.02 Å². The van der Waals surface area contributed by atoms with Crippen LogP contribution in [0.5, 0.6) is 5.88 Å². The lowest BCUT2D eigenvalue weighted by atomic mass is 9.70. The zero-order chi connectivity index (χ0) is 26.2. The van der Waals surface area contributed by atoms with Gasteiger partial charge in [0.2, 0.25) is 5.88 Å². The maximum atomic E-state index is 13.8. The summed E-state index contributed by atoms with van der Waals surface area (Å²) in [6, 6.07) is 20.6. The number of aliphatic hydroxyl groups is 1. The Labute approximate surface area is 239 Å². The second kappa shape index (κ2) is 11.8. The van der Waals surface area contributed by atoms with Crippen molar-refractivity contribution in [3.8, 4) is 5.88 Å². The van der Waals surface area contributed by atoms with Crippen LogP contribution in [-0.2, 0) is 0 Å². The minimum Gasteiger partial charge on any atom is -0.481 e. The smallest absolute Gasteiger partial charge is 0.217 e. The van der Waals surface area contributed by atoms with E-state index in [2.05, 4.69) is 17.4 Å². The quantitative estimate of drug-likeness (QED) is 0.241. The van der Waals surface area contributed by atoms with Gasteiger partial charge >= 0.3 is 0 Å². The highest BCUT2D eigenvalue weighted by molar-refractivity contribution is 7.98. The van der Waals surface area contributed by atoms with Crippen LogP contribution in [0.4, 0.5) is 4.39 Å². The molecule has 0 saturated carbocycles. The minimum absolute atomic E-state index is 0. The number of thioether (sulfide) groups is 1. The first kappa shape index (κ1) is 28.7. The molecule has 38 heavy (non-hydrogen) atoms. The number of aryl methyl sites for hydroxylation is 1. The molecule has 0 amide bonds. The Morgan fingerprint density at radius 3 is 2.68 bits per heavy atom. The molecule has 1 aliphatic heterocycles. The first-order valence-electron chi connectivity index (χ1n) is 12.3. The summed E-state index contributed by atoms with van der Waals surface area (Å²) in [5, 5.41) is 17.6. The number of piperidine rings is 1. The van der Waals surface area contributed by atoms with E-state index >= 15 is 0 Å². The molecule has 5 rings (SSSR count). The number of nitrogens with one attached hydrogen (secondary N) is 1. The summed E-state index contributed by atoms with van der Waals surface area (Å²) >= 11 is 8.12. The fraction of sp³-hybridized carbons (Fsp3) is 0.300. The van der Waals surface area contributed by atoms with E-state index in [1.54, 1.807) is 24.9 Å². The van der Waals surface area contributed by atoms with Crippen molar-refractivity contribution < 1.29 is 14.2 Å². The van der Waals surface area contributed by atoms with Crippen molar-refractivity contribution in [1.82, 2.24) is 10.3 Å². The maximum absolute atomic E-state index is 13.8. The summed E-state index contributed by atoms with van der Waals surface area (Å²) < 4.78 is 19.6. The van der Waals surface area contributed by atoms with Crippen molar-refractivity contribution in [2.45, 2.75) is 42.2 Å². The number of halogens is 2. The van der Waals surface area contributed by atoms with E-state index < -0.39 is 11.5 Å². The lowest BCUT2D eigenvalue weighted by molar-refractivity contribution is -0.0197. The Hall–Kier alpha value is -2.29. The van der Waals surface area contributed by atoms with Crippen molar-refractivity contribution in [2.24, 2.45) is 0 Å². The van der Waals surface area contributed by atoms with Crippen molar-refractivity contribution in [3.05, 3.63) is 99.8 Å². The number of aromatic nitrogens is 1. The zero-order valence-electron chi connectivity index (χ0n) is 21.6. The van der Waals surface area contributed by atoms with Gasteiger partial charge in [0.15, 0.2) is 0 Å². The number of hydrogen-bond donors (Lipinski definition) is 2. The number of fused-ring (bicyclic) bond motifs is 1. The van der Waals surface area contributed by atoms with Gasteiger partial charge in [-0.05, 0) is 97.8 Å². The van der Waals surface area contributed by atoms with Gasteiger partial charge in [0.1, 0.15) is 5.82 Å². The van der Waals surface area contributed by atoms with Crippen LogP contribution >= 0.6 is 36.9 Å². The molecule has 3 unspecified atom stereocenters. The fourth-order valence-electron chi connectivity index (χ4n) is 5.62. The Morgan fingerprint density at radius 2 is 1.97 bits per heavy atom. The highest BCUT2D eigenvalue weighted by Gasteiger charge is 2.44. The van der Waals surface area contributed by atoms with Gasteiger partial charge in [0.25, 0.3) is 0 Å². The number of benzene rings is 3. The van der Waals surface area contributed by atoms with Crippen molar-refractivity contribution in [1.29, 1.82) is 0 Å². The van der Waals surface area contributed by atoms with Gasteiger partial charge in [0, 0.05) is 32.8 Å². The van der Waals surface area contributed by atoms with E-state index in [4.69, 9.17) is 21.3 Å². The topological polar surface area (TPSA) is 54.4 Å². The monoisotopic (exact) mass is 570 g/mol.